The zero-order valence-electron chi connectivity index (χ0n) is 12.6. The topological polar surface area (TPSA) is 68.7 Å². The van der Waals surface area contributed by atoms with E-state index in [9.17, 15) is 8.42 Å². The second-order valence-electron chi connectivity index (χ2n) is 4.52. The molecule has 6 nitrogen and oxygen atoms in total. The van der Waals surface area contributed by atoms with Crippen LogP contribution in [0.2, 0.25) is 0 Å². The van der Waals surface area contributed by atoms with E-state index in [0.29, 0.717) is 24.5 Å². The lowest BCUT2D eigenvalue weighted by Crippen LogP contribution is -2.29. The molecule has 22 heavy (non-hydrogen) atoms. The molecule has 8 heteroatoms. The van der Waals surface area contributed by atoms with Gasteiger partial charge in [0.05, 0.1) is 19.2 Å². The summed E-state index contributed by atoms with van der Waals surface area (Å²) < 4.78 is 37.0. The van der Waals surface area contributed by atoms with Crippen molar-refractivity contribution >= 4 is 21.4 Å². The Kier molecular flexibility index (Phi) is 5.38. The number of sulfonamides is 1. The molecule has 0 bridgehead atoms. The van der Waals surface area contributed by atoms with Crippen molar-refractivity contribution in [2.75, 3.05) is 27.8 Å². The van der Waals surface area contributed by atoms with Gasteiger partial charge in [0, 0.05) is 37.7 Å². The van der Waals surface area contributed by atoms with Gasteiger partial charge >= 0.3 is 0 Å². The molecule has 1 aromatic heterocycles. The molecular formula is C14H18N2O4S2. The van der Waals surface area contributed by atoms with Crippen molar-refractivity contribution < 1.29 is 17.9 Å². The van der Waals surface area contributed by atoms with Gasteiger partial charge in [-0.05, 0) is 12.1 Å². The smallest absolute Gasteiger partial charge is 0.246 e. The van der Waals surface area contributed by atoms with Crippen LogP contribution >= 0.6 is 11.3 Å². The molecule has 0 spiro atoms. The minimum Gasteiger partial charge on any atom is -0.497 e. The summed E-state index contributed by atoms with van der Waals surface area (Å²) in [6, 6.07) is 4.71. The molecule has 0 saturated carbocycles. The van der Waals surface area contributed by atoms with Crippen molar-refractivity contribution in [3.8, 4) is 11.5 Å². The largest absolute Gasteiger partial charge is 0.497 e. The number of aromatic nitrogens is 1. The third-order valence-corrected chi connectivity index (χ3v) is 5.90. The first kappa shape index (κ1) is 16.7. The van der Waals surface area contributed by atoms with E-state index in [-0.39, 0.29) is 4.90 Å². The molecule has 120 valence electrons. The molecule has 0 radical (unpaired) electrons. The van der Waals surface area contributed by atoms with Gasteiger partial charge in [0.25, 0.3) is 0 Å². The number of benzene rings is 1. The van der Waals surface area contributed by atoms with E-state index < -0.39 is 10.0 Å². The average Bonchev–Trinajstić information content (AvgIpc) is 3.05. The minimum absolute atomic E-state index is 0.0935. The lowest BCUT2D eigenvalue weighted by Gasteiger charge is -2.19. The van der Waals surface area contributed by atoms with Crippen LogP contribution in [-0.4, -0.2) is 45.5 Å². The van der Waals surface area contributed by atoms with Crippen molar-refractivity contribution in [2.24, 2.45) is 0 Å². The fourth-order valence-corrected chi connectivity index (χ4v) is 3.85. The number of nitrogens with zero attached hydrogens (tertiary/aromatic N) is 2. The number of ether oxygens (including phenoxy) is 2. The highest BCUT2D eigenvalue weighted by Crippen LogP contribution is 2.30. The summed E-state index contributed by atoms with van der Waals surface area (Å²) in [6.07, 6.45) is 2.28. The summed E-state index contributed by atoms with van der Waals surface area (Å²) in [5.74, 6) is 0.759. The highest BCUT2D eigenvalue weighted by Gasteiger charge is 2.25. The van der Waals surface area contributed by atoms with Crippen molar-refractivity contribution in [2.45, 2.75) is 11.3 Å². The molecule has 1 aromatic carbocycles. The van der Waals surface area contributed by atoms with Gasteiger partial charge in [-0.3, -0.25) is 0 Å². The van der Waals surface area contributed by atoms with E-state index in [2.05, 4.69) is 4.98 Å². The van der Waals surface area contributed by atoms with E-state index in [1.165, 1.54) is 35.9 Å². The van der Waals surface area contributed by atoms with Crippen molar-refractivity contribution in [1.29, 1.82) is 0 Å². The number of rotatable bonds is 7. The summed E-state index contributed by atoms with van der Waals surface area (Å²) in [4.78, 5) is 4.25. The quantitative estimate of drug-likeness (QED) is 0.770. The molecule has 0 N–H and O–H groups in total. The van der Waals surface area contributed by atoms with Gasteiger partial charge < -0.3 is 9.47 Å². The van der Waals surface area contributed by atoms with Crippen molar-refractivity contribution in [3.63, 3.8) is 0 Å². The van der Waals surface area contributed by atoms with E-state index >= 15 is 0 Å². The normalized spacial score (nSPS) is 11.6. The highest BCUT2D eigenvalue weighted by atomic mass is 32.2. The van der Waals surface area contributed by atoms with Gasteiger partial charge in [0.1, 0.15) is 16.4 Å². The zero-order valence-corrected chi connectivity index (χ0v) is 14.3. The maximum Gasteiger partial charge on any atom is 0.246 e. The average molecular weight is 342 g/mol. The predicted molar refractivity (Wildman–Crippen MR) is 85.2 cm³/mol. The van der Waals surface area contributed by atoms with E-state index in [0.717, 1.165) is 5.01 Å². The Labute approximate surface area is 134 Å². The predicted octanol–water partition coefficient (Wildman–Crippen LogP) is 2.02. The lowest BCUT2D eigenvalue weighted by atomic mass is 10.3. The molecule has 0 amide bonds. The summed E-state index contributed by atoms with van der Waals surface area (Å²) >= 11 is 1.51. The van der Waals surface area contributed by atoms with Crippen molar-refractivity contribution in [1.82, 2.24) is 9.29 Å². The van der Waals surface area contributed by atoms with Crippen LogP contribution in [0.1, 0.15) is 5.01 Å². The third-order valence-electron chi connectivity index (χ3n) is 3.18. The highest BCUT2D eigenvalue weighted by molar-refractivity contribution is 7.89. The second-order valence-corrected chi connectivity index (χ2v) is 7.51. The van der Waals surface area contributed by atoms with Gasteiger partial charge in [-0.25, -0.2) is 17.7 Å². The fraction of sp³-hybridized carbons (Fsp3) is 0.357. The number of hydrogen-bond donors (Lipinski definition) is 0. The van der Waals surface area contributed by atoms with Crippen LogP contribution in [0.4, 0.5) is 0 Å². The second kappa shape index (κ2) is 7.08. The van der Waals surface area contributed by atoms with Crippen LogP contribution < -0.4 is 9.47 Å². The zero-order chi connectivity index (χ0) is 16.2. The molecular weight excluding hydrogens is 324 g/mol. The first-order valence-electron chi connectivity index (χ1n) is 6.55. The Hall–Kier alpha value is -1.64. The first-order valence-corrected chi connectivity index (χ1v) is 8.87. The molecule has 0 unspecified atom stereocenters. The molecule has 2 rings (SSSR count). The maximum atomic E-state index is 12.7. The summed E-state index contributed by atoms with van der Waals surface area (Å²) in [5, 5.41) is 2.77. The Morgan fingerprint density at radius 3 is 2.64 bits per heavy atom. The maximum absolute atomic E-state index is 12.7. The van der Waals surface area contributed by atoms with Crippen LogP contribution in [0.5, 0.6) is 11.5 Å². The fourth-order valence-electron chi connectivity index (χ4n) is 1.90. The third kappa shape index (κ3) is 3.57. The van der Waals surface area contributed by atoms with Gasteiger partial charge in [-0.1, -0.05) is 0 Å². The molecule has 0 aliphatic heterocycles. The van der Waals surface area contributed by atoms with E-state index in [4.69, 9.17) is 9.47 Å². The van der Waals surface area contributed by atoms with Gasteiger partial charge in [-0.15, -0.1) is 11.3 Å². The standard InChI is InChI=1S/C14H18N2O4S2/c1-16(8-6-14-15-7-9-21-14)22(17,18)13-10-11(19-2)4-5-12(13)20-3/h4-5,7,9-10H,6,8H2,1-3H3. The van der Waals surface area contributed by atoms with Gasteiger partial charge in [-0.2, -0.15) is 0 Å². The van der Waals surface area contributed by atoms with E-state index in [1.807, 2.05) is 5.38 Å². The number of likely N-dealkylation sites (N-methyl/N-ethyl adjacent to an activating group) is 1. The summed E-state index contributed by atoms with van der Waals surface area (Å²) in [5.41, 5.74) is 0. The Bertz CT molecular complexity index is 714. The van der Waals surface area contributed by atoms with Crippen LogP contribution in [0.15, 0.2) is 34.7 Å². The van der Waals surface area contributed by atoms with Crippen LogP contribution in [0.3, 0.4) is 0 Å². The SMILES string of the molecule is COc1ccc(OC)c(S(=O)(=O)N(C)CCc2nccs2)c1. The summed E-state index contributed by atoms with van der Waals surface area (Å²) in [6.45, 7) is 0.343. The monoisotopic (exact) mass is 342 g/mol. The molecule has 0 fully saturated rings. The number of hydrogen-bond acceptors (Lipinski definition) is 6. The Balaban J connectivity index is 2.24. The van der Waals surface area contributed by atoms with E-state index in [1.54, 1.807) is 25.4 Å². The molecule has 0 aliphatic carbocycles. The molecule has 0 aliphatic rings. The first-order chi connectivity index (χ1) is 10.5. The molecule has 1 heterocycles. The Morgan fingerprint density at radius 1 is 1.27 bits per heavy atom. The number of thiazole rings is 1. The molecule has 0 saturated heterocycles. The minimum atomic E-state index is -3.66. The van der Waals surface area contributed by atoms with Crippen LogP contribution in [-0.2, 0) is 16.4 Å². The van der Waals surface area contributed by atoms with Crippen molar-refractivity contribution in [3.05, 3.63) is 34.8 Å². The Morgan fingerprint density at radius 2 is 2.05 bits per heavy atom. The van der Waals surface area contributed by atoms with Crippen LogP contribution in [0, 0.1) is 0 Å². The lowest BCUT2D eigenvalue weighted by molar-refractivity contribution is 0.388. The molecule has 0 atom stereocenters. The van der Waals surface area contributed by atoms with Gasteiger partial charge in [0.2, 0.25) is 10.0 Å². The van der Waals surface area contributed by atoms with Crippen LogP contribution in [0.25, 0.3) is 0 Å². The summed E-state index contributed by atoms with van der Waals surface area (Å²) in [7, 11) is 0.812. The van der Waals surface area contributed by atoms with Gasteiger partial charge in [0.15, 0.2) is 0 Å². The molecule has 2 aromatic rings. The number of methoxy groups -OCH3 is 2.